The fraction of sp³-hybridized carbons (Fsp3) is 0.333. The number of rotatable bonds is 2. The minimum Gasteiger partial charge on any atom is -0.223 e. The maximum absolute atomic E-state index is 13.1. The smallest absolute Gasteiger partial charge is 0.183 e. The molecular weight excluding hydrogens is 210 g/mol. The van der Waals surface area contributed by atoms with Crippen molar-refractivity contribution in [1.29, 1.82) is 0 Å². The number of sulfone groups is 1. The van der Waals surface area contributed by atoms with Crippen LogP contribution in [0.2, 0.25) is 0 Å². The third kappa shape index (κ3) is 1.77. The molecule has 2 nitrogen and oxygen atoms in total. The van der Waals surface area contributed by atoms with Crippen molar-refractivity contribution in [1.82, 2.24) is 0 Å². The van der Waals surface area contributed by atoms with Crippen LogP contribution in [0, 0.1) is 11.6 Å². The number of hydrogen-bond donors (Lipinski definition) is 0. The van der Waals surface area contributed by atoms with Gasteiger partial charge in [-0.3, -0.25) is 0 Å². The van der Waals surface area contributed by atoms with Gasteiger partial charge in [0.1, 0.15) is 4.90 Å². The van der Waals surface area contributed by atoms with Crippen LogP contribution in [0.4, 0.5) is 8.78 Å². The van der Waals surface area contributed by atoms with Gasteiger partial charge in [0.2, 0.25) is 0 Å². The molecule has 1 aromatic rings. The second-order valence-electron chi connectivity index (χ2n) is 3.15. The van der Waals surface area contributed by atoms with Crippen molar-refractivity contribution < 1.29 is 17.2 Å². The molecule has 78 valence electrons. The van der Waals surface area contributed by atoms with Crippen molar-refractivity contribution in [3.8, 4) is 0 Å². The zero-order chi connectivity index (χ0) is 10.9. The summed E-state index contributed by atoms with van der Waals surface area (Å²) in [5, 5.41) is -0.765. The molecule has 0 spiro atoms. The van der Waals surface area contributed by atoms with Gasteiger partial charge < -0.3 is 0 Å². The third-order valence-corrected chi connectivity index (χ3v) is 4.01. The molecule has 14 heavy (non-hydrogen) atoms. The molecule has 0 radical (unpaired) electrons. The lowest BCUT2D eigenvalue weighted by atomic mass is 10.3. The molecule has 0 atom stereocenters. The summed E-state index contributed by atoms with van der Waals surface area (Å²) >= 11 is 0. The van der Waals surface area contributed by atoms with E-state index in [1.54, 1.807) is 0 Å². The molecule has 5 heteroatoms. The lowest BCUT2D eigenvalue weighted by molar-refractivity contribution is 0.484. The Morgan fingerprint density at radius 3 is 2.29 bits per heavy atom. The lowest BCUT2D eigenvalue weighted by Crippen LogP contribution is -2.16. The topological polar surface area (TPSA) is 34.1 Å². The minimum atomic E-state index is -3.75. The van der Waals surface area contributed by atoms with Crippen LogP contribution in [0.15, 0.2) is 23.1 Å². The Labute approximate surface area is 81.5 Å². The van der Waals surface area contributed by atoms with Crippen molar-refractivity contribution in [3.05, 3.63) is 29.8 Å². The molecule has 0 heterocycles. The summed E-state index contributed by atoms with van der Waals surface area (Å²) in [6.07, 6.45) is 0. The molecule has 0 amide bonds. The van der Waals surface area contributed by atoms with Gasteiger partial charge in [0.25, 0.3) is 0 Å². The van der Waals surface area contributed by atoms with Gasteiger partial charge >= 0.3 is 0 Å². The standard InChI is InChI=1S/C9H10F2O2S/c1-6(2)14(12,13)8-5-3-4-7(10)9(8)11/h3-6H,1-2H3. The summed E-state index contributed by atoms with van der Waals surface area (Å²) in [5.41, 5.74) is 0. The van der Waals surface area contributed by atoms with Gasteiger partial charge in [-0.15, -0.1) is 0 Å². The molecule has 0 aliphatic heterocycles. The minimum absolute atomic E-state index is 0.576. The monoisotopic (exact) mass is 220 g/mol. The van der Waals surface area contributed by atoms with E-state index in [0.717, 1.165) is 12.1 Å². The molecule has 0 bridgehead atoms. The Bertz CT molecular complexity index is 438. The van der Waals surface area contributed by atoms with Crippen LogP contribution in [0.5, 0.6) is 0 Å². The van der Waals surface area contributed by atoms with E-state index in [1.807, 2.05) is 0 Å². The molecule has 1 aromatic carbocycles. The molecule has 0 aromatic heterocycles. The van der Waals surface area contributed by atoms with Gasteiger partial charge in [-0.2, -0.15) is 0 Å². The first kappa shape index (κ1) is 11.1. The second-order valence-corrected chi connectivity index (χ2v) is 5.62. The van der Waals surface area contributed by atoms with Crippen molar-refractivity contribution in [3.63, 3.8) is 0 Å². The summed E-state index contributed by atoms with van der Waals surface area (Å²) in [5.74, 6) is -2.45. The van der Waals surface area contributed by atoms with Crippen molar-refractivity contribution in [2.75, 3.05) is 0 Å². The zero-order valence-corrected chi connectivity index (χ0v) is 8.61. The Morgan fingerprint density at radius 1 is 1.21 bits per heavy atom. The van der Waals surface area contributed by atoms with E-state index in [-0.39, 0.29) is 0 Å². The van der Waals surface area contributed by atoms with Crippen LogP contribution >= 0.6 is 0 Å². The van der Waals surface area contributed by atoms with Crippen molar-refractivity contribution in [2.24, 2.45) is 0 Å². The van der Waals surface area contributed by atoms with Crippen LogP contribution in [0.25, 0.3) is 0 Å². The third-order valence-electron chi connectivity index (χ3n) is 1.84. The average Bonchev–Trinajstić information content (AvgIpc) is 2.09. The normalized spacial score (nSPS) is 12.1. The SMILES string of the molecule is CC(C)S(=O)(=O)c1cccc(F)c1F. The number of halogens is 2. The molecule has 0 unspecified atom stereocenters. The highest BCUT2D eigenvalue weighted by Gasteiger charge is 2.24. The molecule has 0 aliphatic carbocycles. The lowest BCUT2D eigenvalue weighted by Gasteiger charge is -2.08. The Kier molecular flexibility index (Phi) is 2.89. The van der Waals surface area contributed by atoms with Gasteiger partial charge in [-0.25, -0.2) is 17.2 Å². The van der Waals surface area contributed by atoms with Gasteiger partial charge in [0.15, 0.2) is 21.5 Å². The van der Waals surface area contributed by atoms with E-state index < -0.39 is 31.6 Å². The largest absolute Gasteiger partial charge is 0.223 e. The fourth-order valence-electron chi connectivity index (χ4n) is 0.958. The van der Waals surface area contributed by atoms with Gasteiger partial charge in [0, 0.05) is 0 Å². The molecular formula is C9H10F2O2S. The van der Waals surface area contributed by atoms with E-state index in [9.17, 15) is 17.2 Å². The highest BCUT2D eigenvalue weighted by molar-refractivity contribution is 7.92. The van der Waals surface area contributed by atoms with E-state index in [0.29, 0.717) is 0 Å². The Morgan fingerprint density at radius 2 is 1.79 bits per heavy atom. The zero-order valence-electron chi connectivity index (χ0n) is 7.79. The highest BCUT2D eigenvalue weighted by Crippen LogP contribution is 2.20. The Hall–Kier alpha value is -0.970. The second kappa shape index (κ2) is 3.65. The summed E-state index contributed by atoms with van der Waals surface area (Å²) in [7, 11) is -3.75. The van der Waals surface area contributed by atoms with E-state index in [4.69, 9.17) is 0 Å². The molecule has 0 fully saturated rings. The number of benzene rings is 1. The molecule has 0 saturated carbocycles. The van der Waals surface area contributed by atoms with Crippen molar-refractivity contribution >= 4 is 9.84 Å². The summed E-state index contributed by atoms with van der Waals surface area (Å²) in [6.45, 7) is 2.83. The van der Waals surface area contributed by atoms with E-state index in [1.165, 1.54) is 19.9 Å². The first-order chi connectivity index (χ1) is 6.37. The molecule has 0 saturated heterocycles. The van der Waals surface area contributed by atoms with E-state index in [2.05, 4.69) is 0 Å². The van der Waals surface area contributed by atoms with Crippen LogP contribution in [-0.4, -0.2) is 13.7 Å². The molecule has 0 aliphatic rings. The molecule has 1 rings (SSSR count). The maximum Gasteiger partial charge on any atom is 0.183 e. The first-order valence-electron chi connectivity index (χ1n) is 4.05. The van der Waals surface area contributed by atoms with Gasteiger partial charge in [-0.05, 0) is 26.0 Å². The predicted molar refractivity (Wildman–Crippen MR) is 48.7 cm³/mol. The average molecular weight is 220 g/mol. The van der Waals surface area contributed by atoms with Crippen LogP contribution in [0.1, 0.15) is 13.8 Å². The van der Waals surface area contributed by atoms with Gasteiger partial charge in [0.05, 0.1) is 5.25 Å². The fourth-order valence-corrected chi connectivity index (χ4v) is 2.08. The summed E-state index contributed by atoms with van der Waals surface area (Å²) in [6, 6.07) is 3.12. The van der Waals surface area contributed by atoms with Crippen LogP contribution < -0.4 is 0 Å². The van der Waals surface area contributed by atoms with Crippen molar-refractivity contribution in [2.45, 2.75) is 24.0 Å². The maximum atomic E-state index is 13.1. The quantitative estimate of drug-likeness (QED) is 0.765. The van der Waals surface area contributed by atoms with Gasteiger partial charge in [-0.1, -0.05) is 6.07 Å². The first-order valence-corrected chi connectivity index (χ1v) is 5.60. The summed E-state index contributed by atoms with van der Waals surface area (Å²) in [4.78, 5) is -0.576. The predicted octanol–water partition coefficient (Wildman–Crippen LogP) is 2.15. The molecule has 0 N–H and O–H groups in total. The summed E-state index contributed by atoms with van der Waals surface area (Å²) < 4.78 is 48.8. The highest BCUT2D eigenvalue weighted by atomic mass is 32.2. The van der Waals surface area contributed by atoms with Crippen LogP contribution in [0.3, 0.4) is 0 Å². The van der Waals surface area contributed by atoms with E-state index >= 15 is 0 Å². The number of hydrogen-bond acceptors (Lipinski definition) is 2. The Balaban J connectivity index is 3.42. The van der Waals surface area contributed by atoms with Crippen LogP contribution in [-0.2, 0) is 9.84 Å².